The number of fused-ring (bicyclic) bond motifs is 2. The van der Waals surface area contributed by atoms with Crippen molar-refractivity contribution in [2.24, 2.45) is 11.3 Å². The van der Waals surface area contributed by atoms with Crippen LogP contribution in [0.15, 0.2) is 42.7 Å². The van der Waals surface area contributed by atoms with Gasteiger partial charge in [0.05, 0.1) is 33.8 Å². The number of piperidine rings is 1. The Balaban J connectivity index is 1.44. The number of nitriles is 1. The van der Waals surface area contributed by atoms with Crippen LogP contribution in [0.2, 0.25) is 5.02 Å². The van der Waals surface area contributed by atoms with Gasteiger partial charge < -0.3 is 9.88 Å². The van der Waals surface area contributed by atoms with Gasteiger partial charge in [0.2, 0.25) is 11.8 Å². The van der Waals surface area contributed by atoms with Gasteiger partial charge in [0.1, 0.15) is 0 Å². The summed E-state index contributed by atoms with van der Waals surface area (Å²) in [5.41, 5.74) is 3.43. The van der Waals surface area contributed by atoms with Crippen molar-refractivity contribution in [2.45, 2.75) is 39.3 Å². The van der Waals surface area contributed by atoms with Crippen molar-refractivity contribution in [3.63, 3.8) is 0 Å². The summed E-state index contributed by atoms with van der Waals surface area (Å²) in [6, 6.07) is 12.6. The Morgan fingerprint density at radius 3 is 2.76 bits per heavy atom. The minimum Gasteiger partial charge on any atom is -0.345 e. The molecule has 2 amide bonds. The monoisotopic (exact) mass is 531 g/mol. The molecule has 4 aromatic rings. The average molecular weight is 532 g/mol. The molecule has 0 saturated carbocycles. The molecule has 0 spiro atoms. The Morgan fingerprint density at radius 1 is 1.22 bits per heavy atom. The Hall–Kier alpha value is -3.25. The Bertz CT molecular complexity index is 1590. The van der Waals surface area contributed by atoms with E-state index in [2.05, 4.69) is 33.2 Å². The summed E-state index contributed by atoms with van der Waals surface area (Å²) in [6.45, 7) is 4.36. The number of thiophene rings is 1. The molecule has 5 heterocycles. The number of carbonyl (C=O) groups excluding carboxylic acids is 2. The fourth-order valence-corrected chi connectivity index (χ4v) is 6.99. The van der Waals surface area contributed by atoms with E-state index in [1.54, 1.807) is 24.5 Å². The zero-order valence-corrected chi connectivity index (χ0v) is 22.0. The number of halogens is 1. The van der Waals surface area contributed by atoms with Gasteiger partial charge in [-0.15, -0.1) is 11.3 Å². The lowest BCUT2D eigenvalue weighted by Gasteiger charge is -2.32. The first-order valence-electron chi connectivity index (χ1n) is 12.5. The largest absolute Gasteiger partial charge is 0.345 e. The summed E-state index contributed by atoms with van der Waals surface area (Å²) >= 11 is 8.13. The van der Waals surface area contributed by atoms with Gasteiger partial charge in [-0.2, -0.15) is 5.26 Å². The number of aromatic nitrogens is 2. The molecular formula is C28H26ClN5O2S. The second-order valence-corrected chi connectivity index (χ2v) is 11.8. The van der Waals surface area contributed by atoms with Gasteiger partial charge in [0.15, 0.2) is 0 Å². The number of amides is 2. The summed E-state index contributed by atoms with van der Waals surface area (Å²) in [6.07, 6.45) is 5.73. The van der Waals surface area contributed by atoms with Crippen molar-refractivity contribution in [3.8, 4) is 17.2 Å². The highest BCUT2D eigenvalue weighted by atomic mass is 35.5. The molecule has 2 aliphatic rings. The molecule has 1 N–H and O–H groups in total. The first kappa shape index (κ1) is 24.1. The predicted molar refractivity (Wildman–Crippen MR) is 145 cm³/mol. The molecule has 7 nitrogen and oxygen atoms in total. The molecule has 37 heavy (non-hydrogen) atoms. The van der Waals surface area contributed by atoms with E-state index in [1.807, 2.05) is 24.3 Å². The van der Waals surface area contributed by atoms with Crippen molar-refractivity contribution in [1.29, 1.82) is 5.26 Å². The van der Waals surface area contributed by atoms with E-state index in [9.17, 15) is 14.9 Å². The van der Waals surface area contributed by atoms with Crippen LogP contribution in [-0.4, -0.2) is 39.4 Å². The molecule has 0 aliphatic carbocycles. The van der Waals surface area contributed by atoms with E-state index >= 15 is 0 Å². The SMILES string of the molecule is C[C@H]1CC(=O)N(Cc2cc3nccc(-c4cc(Cl)cc5ccn(CC6(C#N)CCNCC6)c45)c3s2)C1=O. The molecule has 0 bridgehead atoms. The molecule has 188 valence electrons. The molecule has 3 aromatic heterocycles. The van der Waals surface area contributed by atoms with E-state index in [1.165, 1.54) is 4.90 Å². The van der Waals surface area contributed by atoms with Gasteiger partial charge in [-0.05, 0) is 56.3 Å². The third-order valence-electron chi connectivity index (χ3n) is 7.63. The number of carbonyl (C=O) groups is 2. The third-order valence-corrected chi connectivity index (χ3v) is 8.99. The smallest absolute Gasteiger partial charge is 0.232 e. The Labute approximate surface area is 223 Å². The van der Waals surface area contributed by atoms with E-state index in [-0.39, 0.29) is 30.7 Å². The third kappa shape index (κ3) is 4.21. The van der Waals surface area contributed by atoms with Crippen molar-refractivity contribution in [1.82, 2.24) is 19.8 Å². The predicted octanol–water partition coefficient (Wildman–Crippen LogP) is 5.36. The second-order valence-electron chi connectivity index (χ2n) is 10.2. The summed E-state index contributed by atoms with van der Waals surface area (Å²) in [5.74, 6) is -0.504. The maximum atomic E-state index is 12.5. The zero-order chi connectivity index (χ0) is 25.7. The first-order chi connectivity index (χ1) is 17.9. The molecule has 2 saturated heterocycles. The maximum Gasteiger partial charge on any atom is 0.232 e. The molecule has 6 rings (SSSR count). The average Bonchev–Trinajstić information content (AvgIpc) is 3.56. The van der Waals surface area contributed by atoms with Crippen LogP contribution in [0.25, 0.3) is 32.2 Å². The molecule has 9 heteroatoms. The maximum absolute atomic E-state index is 12.5. The van der Waals surface area contributed by atoms with Crippen molar-refractivity contribution >= 4 is 55.9 Å². The minimum absolute atomic E-state index is 0.116. The number of benzene rings is 1. The van der Waals surface area contributed by atoms with E-state index in [0.29, 0.717) is 11.6 Å². The second kappa shape index (κ2) is 9.25. The topological polar surface area (TPSA) is 91.0 Å². The van der Waals surface area contributed by atoms with E-state index < -0.39 is 5.41 Å². The van der Waals surface area contributed by atoms with Gasteiger partial charge in [-0.25, -0.2) is 0 Å². The van der Waals surface area contributed by atoms with Crippen LogP contribution in [0.5, 0.6) is 0 Å². The van der Waals surface area contributed by atoms with Gasteiger partial charge in [0, 0.05) is 57.7 Å². The van der Waals surface area contributed by atoms with E-state index in [0.717, 1.165) is 63.1 Å². The number of imide groups is 1. The summed E-state index contributed by atoms with van der Waals surface area (Å²) < 4.78 is 3.18. The van der Waals surface area contributed by atoms with Gasteiger partial charge in [0.25, 0.3) is 0 Å². The van der Waals surface area contributed by atoms with Crippen molar-refractivity contribution in [2.75, 3.05) is 13.1 Å². The van der Waals surface area contributed by atoms with Crippen molar-refractivity contribution in [3.05, 3.63) is 52.6 Å². The number of rotatable bonds is 5. The fourth-order valence-electron chi connectivity index (χ4n) is 5.63. The van der Waals surface area contributed by atoms with E-state index in [4.69, 9.17) is 11.6 Å². The van der Waals surface area contributed by atoms with Crippen LogP contribution in [0, 0.1) is 22.7 Å². The zero-order valence-electron chi connectivity index (χ0n) is 20.5. The van der Waals surface area contributed by atoms with Crippen LogP contribution in [0.3, 0.4) is 0 Å². The number of nitrogens with one attached hydrogen (secondary N) is 1. The fraction of sp³-hybridized carbons (Fsp3) is 0.357. The minimum atomic E-state index is -0.413. The molecule has 2 aliphatic heterocycles. The number of likely N-dealkylation sites (tertiary alicyclic amines) is 1. The Morgan fingerprint density at radius 2 is 2.03 bits per heavy atom. The highest BCUT2D eigenvalue weighted by molar-refractivity contribution is 7.19. The molecular weight excluding hydrogens is 506 g/mol. The molecule has 2 fully saturated rings. The van der Waals surface area contributed by atoms with Crippen molar-refractivity contribution < 1.29 is 9.59 Å². The first-order valence-corrected chi connectivity index (χ1v) is 13.7. The van der Waals surface area contributed by atoms with Crippen LogP contribution < -0.4 is 5.32 Å². The highest BCUT2D eigenvalue weighted by Crippen LogP contribution is 2.41. The molecule has 0 radical (unpaired) electrons. The summed E-state index contributed by atoms with van der Waals surface area (Å²) in [7, 11) is 0. The lowest BCUT2D eigenvalue weighted by molar-refractivity contribution is -0.139. The normalized spacial score (nSPS) is 19.7. The van der Waals surface area contributed by atoms with Gasteiger partial charge >= 0.3 is 0 Å². The molecule has 0 unspecified atom stereocenters. The quantitative estimate of drug-likeness (QED) is 0.350. The lowest BCUT2D eigenvalue weighted by atomic mass is 9.80. The summed E-state index contributed by atoms with van der Waals surface area (Å²) in [4.78, 5) is 31.7. The molecule has 1 atom stereocenters. The lowest BCUT2D eigenvalue weighted by Crippen LogP contribution is -2.38. The van der Waals surface area contributed by atoms with Crippen LogP contribution in [0.4, 0.5) is 0 Å². The molecule has 1 aromatic carbocycles. The van der Waals surface area contributed by atoms with Crippen LogP contribution in [-0.2, 0) is 22.7 Å². The number of nitrogens with zero attached hydrogens (tertiary/aromatic N) is 4. The number of hydrogen-bond donors (Lipinski definition) is 1. The van der Waals surface area contributed by atoms with Crippen LogP contribution in [0.1, 0.15) is 31.1 Å². The number of pyridine rings is 1. The van der Waals surface area contributed by atoms with Gasteiger partial charge in [-0.1, -0.05) is 18.5 Å². The van der Waals surface area contributed by atoms with Gasteiger partial charge in [-0.3, -0.25) is 19.5 Å². The highest BCUT2D eigenvalue weighted by Gasteiger charge is 2.36. The summed E-state index contributed by atoms with van der Waals surface area (Å²) in [5, 5.41) is 15.1. The van der Waals surface area contributed by atoms with Crippen LogP contribution >= 0.6 is 22.9 Å². The Kier molecular flexibility index (Phi) is 6.03. The standard InChI is InChI=1S/C28H26ClN5O2S/c1-17-10-24(35)34(27(17)36)14-20-13-23-26(37-20)21(2-6-32-23)22-12-19(29)11-18-3-9-33(25(18)22)16-28(15-30)4-7-31-8-5-28/h2-3,6,9,11-13,17,31H,4-5,7-8,10,14,16H2,1H3/t17-/m0/s1. The number of hydrogen-bond acceptors (Lipinski definition) is 6.